The Hall–Kier alpha value is -2.36. The van der Waals surface area contributed by atoms with Crippen LogP contribution in [0.2, 0.25) is 0 Å². The summed E-state index contributed by atoms with van der Waals surface area (Å²) in [6.45, 7) is 7.53. The monoisotopic (exact) mass is 302 g/mol. The molecule has 0 saturated carbocycles. The Labute approximate surface area is 133 Å². The second-order valence-electron chi connectivity index (χ2n) is 4.24. The highest BCUT2D eigenvalue weighted by Crippen LogP contribution is 2.17. The van der Waals surface area contributed by atoms with Crippen molar-refractivity contribution in [1.29, 1.82) is 0 Å². The SMILES string of the molecule is CC.CC1=CC=CCC(Oc2ccncc2)=C1.CNC(C)=O. The third kappa shape index (κ3) is 9.53. The molecule has 4 heteroatoms. The zero-order chi connectivity index (χ0) is 16.8. The van der Waals surface area contributed by atoms with Crippen LogP contribution in [0.15, 0.2) is 60.2 Å². The summed E-state index contributed by atoms with van der Waals surface area (Å²) in [7, 11) is 1.60. The quantitative estimate of drug-likeness (QED) is 0.897. The minimum Gasteiger partial charge on any atom is -0.461 e. The number of carbonyl (C=O) groups is 1. The Morgan fingerprint density at radius 2 is 1.86 bits per heavy atom. The lowest BCUT2D eigenvalue weighted by Gasteiger charge is -2.07. The number of pyridine rings is 1. The van der Waals surface area contributed by atoms with E-state index < -0.39 is 0 Å². The number of hydrogen-bond acceptors (Lipinski definition) is 3. The van der Waals surface area contributed by atoms with Crippen molar-refractivity contribution in [2.45, 2.75) is 34.1 Å². The molecule has 1 amide bonds. The summed E-state index contributed by atoms with van der Waals surface area (Å²) < 4.78 is 5.73. The van der Waals surface area contributed by atoms with Crippen LogP contribution in [0, 0.1) is 0 Å². The molecule has 1 aromatic rings. The maximum Gasteiger partial charge on any atom is 0.216 e. The highest BCUT2D eigenvalue weighted by atomic mass is 16.5. The fraction of sp³-hybridized carbons (Fsp3) is 0.333. The molecule has 0 aliphatic heterocycles. The van der Waals surface area contributed by atoms with Crippen molar-refractivity contribution in [3.05, 3.63) is 60.2 Å². The number of nitrogens with zero attached hydrogens (tertiary/aromatic N) is 1. The number of nitrogens with one attached hydrogen (secondary N) is 1. The van der Waals surface area contributed by atoms with Crippen molar-refractivity contribution in [3.8, 4) is 5.75 Å². The van der Waals surface area contributed by atoms with Gasteiger partial charge in [0.1, 0.15) is 11.5 Å². The summed E-state index contributed by atoms with van der Waals surface area (Å²) >= 11 is 0. The van der Waals surface area contributed by atoms with Crippen molar-refractivity contribution in [1.82, 2.24) is 10.3 Å². The van der Waals surface area contributed by atoms with Crippen LogP contribution in [0.5, 0.6) is 5.75 Å². The zero-order valence-corrected chi connectivity index (χ0v) is 14.1. The summed E-state index contributed by atoms with van der Waals surface area (Å²) in [6, 6.07) is 3.71. The third-order valence-electron chi connectivity index (χ3n) is 2.45. The molecule has 0 bridgehead atoms. The van der Waals surface area contributed by atoms with Crippen LogP contribution >= 0.6 is 0 Å². The number of amides is 1. The summed E-state index contributed by atoms with van der Waals surface area (Å²) in [5.74, 6) is 1.80. The van der Waals surface area contributed by atoms with Gasteiger partial charge in [0.2, 0.25) is 5.91 Å². The molecule has 0 spiro atoms. The van der Waals surface area contributed by atoms with Crippen molar-refractivity contribution >= 4 is 5.91 Å². The Balaban J connectivity index is 0.000000540. The van der Waals surface area contributed by atoms with E-state index in [0.29, 0.717) is 0 Å². The first kappa shape index (κ1) is 19.6. The topological polar surface area (TPSA) is 51.2 Å². The lowest BCUT2D eigenvalue weighted by atomic mass is 10.2. The van der Waals surface area contributed by atoms with Gasteiger partial charge in [0.15, 0.2) is 0 Å². The first-order valence-corrected chi connectivity index (χ1v) is 7.42. The minimum atomic E-state index is 0.00463. The average molecular weight is 302 g/mol. The number of rotatable bonds is 2. The van der Waals surface area contributed by atoms with Crippen LogP contribution in [0.3, 0.4) is 0 Å². The first-order valence-electron chi connectivity index (χ1n) is 7.42. The van der Waals surface area contributed by atoms with Gasteiger partial charge in [0.05, 0.1) is 0 Å². The van der Waals surface area contributed by atoms with Crippen LogP contribution in [0.4, 0.5) is 0 Å². The molecule has 0 fully saturated rings. The van der Waals surface area contributed by atoms with Gasteiger partial charge in [-0.05, 0) is 30.7 Å². The first-order chi connectivity index (χ1) is 10.6. The van der Waals surface area contributed by atoms with Crippen molar-refractivity contribution in [2.75, 3.05) is 7.05 Å². The smallest absolute Gasteiger partial charge is 0.216 e. The molecule has 22 heavy (non-hydrogen) atoms. The predicted molar refractivity (Wildman–Crippen MR) is 91.6 cm³/mol. The fourth-order valence-corrected chi connectivity index (χ4v) is 1.39. The van der Waals surface area contributed by atoms with Crippen LogP contribution in [-0.4, -0.2) is 17.9 Å². The van der Waals surface area contributed by atoms with Gasteiger partial charge >= 0.3 is 0 Å². The molecule has 0 unspecified atom stereocenters. The van der Waals surface area contributed by atoms with E-state index in [-0.39, 0.29) is 5.91 Å². The Morgan fingerprint density at radius 3 is 2.41 bits per heavy atom. The van der Waals surface area contributed by atoms with E-state index in [1.807, 2.05) is 26.0 Å². The number of allylic oxidation sites excluding steroid dienone is 5. The van der Waals surface area contributed by atoms with Gasteiger partial charge in [0, 0.05) is 32.8 Å². The van der Waals surface area contributed by atoms with Crippen LogP contribution < -0.4 is 10.1 Å². The van der Waals surface area contributed by atoms with Gasteiger partial charge in [-0.2, -0.15) is 0 Å². The summed E-state index contributed by atoms with van der Waals surface area (Å²) in [6.07, 6.45) is 12.5. The predicted octanol–water partition coefficient (Wildman–Crippen LogP) is 4.03. The average Bonchev–Trinajstić information content (AvgIpc) is 2.75. The second kappa shape index (κ2) is 12.4. The van der Waals surface area contributed by atoms with Gasteiger partial charge in [-0.25, -0.2) is 0 Å². The molecule has 0 radical (unpaired) electrons. The Bertz CT molecular complexity index is 517. The molecule has 1 aliphatic carbocycles. The number of carbonyl (C=O) groups excluding carboxylic acids is 1. The number of hydrogen-bond donors (Lipinski definition) is 1. The molecular formula is C18H26N2O2. The van der Waals surface area contributed by atoms with E-state index in [1.165, 1.54) is 12.5 Å². The molecule has 120 valence electrons. The third-order valence-corrected chi connectivity index (χ3v) is 2.45. The van der Waals surface area contributed by atoms with E-state index in [1.54, 1.807) is 19.4 Å². The van der Waals surface area contributed by atoms with E-state index >= 15 is 0 Å². The molecule has 1 heterocycles. The van der Waals surface area contributed by atoms with Gasteiger partial charge in [-0.3, -0.25) is 9.78 Å². The zero-order valence-electron chi connectivity index (χ0n) is 14.1. The molecule has 1 aromatic heterocycles. The molecule has 0 saturated heterocycles. The summed E-state index contributed by atoms with van der Waals surface area (Å²) in [4.78, 5) is 13.6. The maximum absolute atomic E-state index is 9.70. The lowest BCUT2D eigenvalue weighted by Crippen LogP contribution is -2.11. The molecule has 0 aromatic carbocycles. The summed E-state index contributed by atoms with van der Waals surface area (Å²) in [5.41, 5.74) is 1.20. The van der Waals surface area contributed by atoms with Gasteiger partial charge in [-0.15, -0.1) is 0 Å². The largest absolute Gasteiger partial charge is 0.461 e. The molecular weight excluding hydrogens is 276 g/mol. The van der Waals surface area contributed by atoms with Crippen LogP contribution in [-0.2, 0) is 4.79 Å². The van der Waals surface area contributed by atoms with E-state index in [0.717, 1.165) is 17.9 Å². The lowest BCUT2D eigenvalue weighted by molar-refractivity contribution is -0.118. The highest BCUT2D eigenvalue weighted by molar-refractivity contribution is 5.72. The van der Waals surface area contributed by atoms with E-state index in [4.69, 9.17) is 4.74 Å². The van der Waals surface area contributed by atoms with Gasteiger partial charge in [-0.1, -0.05) is 32.1 Å². The summed E-state index contributed by atoms with van der Waals surface area (Å²) in [5, 5.41) is 2.39. The van der Waals surface area contributed by atoms with Crippen LogP contribution in [0.25, 0.3) is 0 Å². The Kier molecular flexibility index (Phi) is 11.1. The number of ether oxygens (including phenoxy) is 1. The minimum absolute atomic E-state index is 0.00463. The molecule has 1 aliphatic rings. The standard InChI is InChI=1S/C13H13NO.C3H7NO.C2H6/c1-11-4-2-3-5-13(10-11)15-12-6-8-14-9-7-12;1-3(5)4-2;1-2/h2-4,6-10H,5H2,1H3;1-2H3,(H,4,5);1-2H3. The van der Waals surface area contributed by atoms with Crippen molar-refractivity contribution in [2.24, 2.45) is 0 Å². The second-order valence-corrected chi connectivity index (χ2v) is 4.24. The Morgan fingerprint density at radius 1 is 1.27 bits per heavy atom. The molecule has 2 rings (SSSR count). The number of aromatic nitrogens is 1. The molecule has 4 nitrogen and oxygen atoms in total. The molecule has 0 atom stereocenters. The normalized spacial score (nSPS) is 12.2. The highest BCUT2D eigenvalue weighted by Gasteiger charge is 2.01. The van der Waals surface area contributed by atoms with Crippen molar-refractivity contribution in [3.63, 3.8) is 0 Å². The molecule has 1 N–H and O–H groups in total. The van der Waals surface area contributed by atoms with Crippen molar-refractivity contribution < 1.29 is 9.53 Å². The van der Waals surface area contributed by atoms with Gasteiger partial charge in [0.25, 0.3) is 0 Å². The van der Waals surface area contributed by atoms with E-state index in [9.17, 15) is 4.79 Å². The van der Waals surface area contributed by atoms with E-state index in [2.05, 4.69) is 41.5 Å². The maximum atomic E-state index is 9.70. The fourth-order valence-electron chi connectivity index (χ4n) is 1.39. The van der Waals surface area contributed by atoms with Gasteiger partial charge < -0.3 is 10.1 Å². The van der Waals surface area contributed by atoms with Crippen LogP contribution in [0.1, 0.15) is 34.1 Å².